The van der Waals surface area contributed by atoms with Gasteiger partial charge in [0.05, 0.1) is 26.8 Å². The van der Waals surface area contributed by atoms with E-state index in [4.69, 9.17) is 11.6 Å². The van der Waals surface area contributed by atoms with Gasteiger partial charge in [-0.3, -0.25) is 19.7 Å². The number of rotatable bonds is 5. The first-order valence-corrected chi connectivity index (χ1v) is 9.43. The molecule has 9 heteroatoms. The number of non-ortho nitro benzene ring substituents is 1. The Balaban J connectivity index is 1.83. The Hall–Kier alpha value is -3.23. The lowest BCUT2D eigenvalue weighted by Crippen LogP contribution is -2.18. The van der Waals surface area contributed by atoms with Gasteiger partial charge in [-0.2, -0.15) is 0 Å². The molecule has 0 saturated heterocycles. The van der Waals surface area contributed by atoms with E-state index in [9.17, 15) is 19.7 Å². The van der Waals surface area contributed by atoms with Crippen LogP contribution in [0.25, 0.3) is 0 Å². The molecule has 3 aromatic rings. The van der Waals surface area contributed by atoms with Crippen LogP contribution in [0.3, 0.4) is 0 Å². The van der Waals surface area contributed by atoms with Gasteiger partial charge in [-0.05, 0) is 36.4 Å². The Morgan fingerprint density at radius 3 is 2.31 bits per heavy atom. The summed E-state index contributed by atoms with van der Waals surface area (Å²) < 4.78 is 0.810. The zero-order valence-corrected chi connectivity index (χ0v) is 17.0. The average Bonchev–Trinajstić information content (AvgIpc) is 2.68. The number of benzene rings is 3. The van der Waals surface area contributed by atoms with Gasteiger partial charge in [-0.15, -0.1) is 0 Å². The highest BCUT2D eigenvalue weighted by molar-refractivity contribution is 9.10. The first kappa shape index (κ1) is 20.5. The number of hydrogen-bond acceptors (Lipinski definition) is 4. The fourth-order valence-corrected chi connectivity index (χ4v) is 3.21. The number of carbonyl (C=O) groups is 2. The second-order valence-corrected chi connectivity index (χ2v) is 7.21. The topological polar surface area (TPSA) is 101 Å². The van der Waals surface area contributed by atoms with E-state index in [2.05, 4.69) is 26.6 Å². The van der Waals surface area contributed by atoms with Gasteiger partial charge in [0.2, 0.25) is 0 Å². The van der Waals surface area contributed by atoms with Crippen molar-refractivity contribution >= 4 is 56.4 Å². The quantitative estimate of drug-likeness (QED) is 0.376. The van der Waals surface area contributed by atoms with E-state index in [0.29, 0.717) is 5.69 Å². The van der Waals surface area contributed by atoms with Crippen LogP contribution in [0, 0.1) is 10.1 Å². The molecule has 0 aliphatic rings. The van der Waals surface area contributed by atoms with Crippen molar-refractivity contribution in [2.24, 2.45) is 0 Å². The molecule has 0 atom stereocenters. The zero-order chi connectivity index (χ0) is 21.0. The van der Waals surface area contributed by atoms with E-state index in [-0.39, 0.29) is 27.5 Å². The van der Waals surface area contributed by atoms with Gasteiger partial charge < -0.3 is 10.6 Å². The van der Waals surface area contributed by atoms with Crippen LogP contribution in [0.4, 0.5) is 17.1 Å². The summed E-state index contributed by atoms with van der Waals surface area (Å²) in [6.45, 7) is 0. The van der Waals surface area contributed by atoms with Crippen molar-refractivity contribution in [3.05, 3.63) is 97.5 Å². The minimum Gasteiger partial charge on any atom is -0.322 e. The highest BCUT2D eigenvalue weighted by atomic mass is 79.9. The summed E-state index contributed by atoms with van der Waals surface area (Å²) in [5.74, 6) is -0.999. The average molecular weight is 475 g/mol. The number of nitrogens with one attached hydrogen (secondary N) is 2. The maximum absolute atomic E-state index is 12.7. The zero-order valence-electron chi connectivity index (χ0n) is 14.7. The molecule has 0 radical (unpaired) electrons. The summed E-state index contributed by atoms with van der Waals surface area (Å²) in [4.78, 5) is 35.5. The Kier molecular flexibility index (Phi) is 6.26. The van der Waals surface area contributed by atoms with Gasteiger partial charge in [0.1, 0.15) is 0 Å². The highest BCUT2D eigenvalue weighted by Gasteiger charge is 2.18. The summed E-state index contributed by atoms with van der Waals surface area (Å²) in [7, 11) is 0. The number of hydrogen-bond donors (Lipinski definition) is 2. The Labute approximate surface area is 179 Å². The fraction of sp³-hybridized carbons (Fsp3) is 0. The van der Waals surface area contributed by atoms with Crippen molar-refractivity contribution in [1.29, 1.82) is 0 Å². The third-order valence-electron chi connectivity index (χ3n) is 3.91. The molecule has 29 heavy (non-hydrogen) atoms. The second kappa shape index (κ2) is 8.85. The molecular weight excluding hydrogens is 462 g/mol. The molecular formula is C20H13BrClN3O4. The monoisotopic (exact) mass is 473 g/mol. The molecule has 0 aliphatic carbocycles. The summed E-state index contributed by atoms with van der Waals surface area (Å²) in [6, 6.07) is 17.1. The number of nitrogens with zero attached hydrogens (tertiary/aromatic N) is 1. The number of halogens is 2. The van der Waals surface area contributed by atoms with Crippen LogP contribution in [0.15, 0.2) is 71.2 Å². The van der Waals surface area contributed by atoms with Gasteiger partial charge in [-0.25, -0.2) is 0 Å². The smallest absolute Gasteiger partial charge is 0.270 e. The van der Waals surface area contributed by atoms with E-state index >= 15 is 0 Å². The number of carbonyl (C=O) groups excluding carboxylic acids is 2. The van der Waals surface area contributed by atoms with Crippen LogP contribution in [-0.4, -0.2) is 16.7 Å². The molecule has 3 aromatic carbocycles. The number of anilines is 2. The van der Waals surface area contributed by atoms with E-state index in [0.717, 1.165) is 10.5 Å². The molecule has 0 fully saturated rings. The van der Waals surface area contributed by atoms with Crippen LogP contribution in [-0.2, 0) is 0 Å². The number of nitro benzene ring substituents is 1. The van der Waals surface area contributed by atoms with E-state index < -0.39 is 16.7 Å². The summed E-state index contributed by atoms with van der Waals surface area (Å²) >= 11 is 9.35. The van der Waals surface area contributed by atoms with Gasteiger partial charge >= 0.3 is 0 Å². The van der Waals surface area contributed by atoms with Gasteiger partial charge in [0.25, 0.3) is 17.5 Å². The lowest BCUT2D eigenvalue weighted by molar-refractivity contribution is -0.384. The summed E-state index contributed by atoms with van der Waals surface area (Å²) in [5.41, 5.74) is 0.946. The summed E-state index contributed by atoms with van der Waals surface area (Å²) in [5, 5.41) is 16.1. The first-order valence-electron chi connectivity index (χ1n) is 8.26. The van der Waals surface area contributed by atoms with Crippen molar-refractivity contribution in [3.63, 3.8) is 0 Å². The Bertz CT molecular complexity index is 1120. The molecule has 2 N–H and O–H groups in total. The van der Waals surface area contributed by atoms with Crippen LogP contribution in [0.2, 0.25) is 5.02 Å². The van der Waals surface area contributed by atoms with Crippen LogP contribution in [0.5, 0.6) is 0 Å². The van der Waals surface area contributed by atoms with Gasteiger partial charge in [0, 0.05) is 22.3 Å². The van der Waals surface area contributed by atoms with Crippen LogP contribution in [0.1, 0.15) is 20.7 Å². The van der Waals surface area contributed by atoms with Crippen LogP contribution >= 0.6 is 27.5 Å². The lowest BCUT2D eigenvalue weighted by Gasteiger charge is -2.12. The molecule has 0 saturated carbocycles. The molecule has 0 bridgehead atoms. The van der Waals surface area contributed by atoms with E-state index in [1.807, 2.05) is 6.07 Å². The largest absolute Gasteiger partial charge is 0.322 e. The standard InChI is InChI=1S/C20H13BrClN3O4/c21-12-4-3-5-13(10-12)23-20(27)16-6-1-2-7-18(16)24-19(26)15-9-8-14(25(28)29)11-17(15)22/h1-11H,(H,23,27)(H,24,26). The number of amides is 2. The molecule has 7 nitrogen and oxygen atoms in total. The summed E-state index contributed by atoms with van der Waals surface area (Å²) in [6.07, 6.45) is 0. The van der Waals surface area contributed by atoms with Crippen molar-refractivity contribution < 1.29 is 14.5 Å². The van der Waals surface area contributed by atoms with Crippen LogP contribution < -0.4 is 10.6 Å². The number of nitro groups is 1. The van der Waals surface area contributed by atoms with Crippen molar-refractivity contribution in [2.75, 3.05) is 10.6 Å². The predicted molar refractivity (Wildman–Crippen MR) is 115 cm³/mol. The van der Waals surface area contributed by atoms with Gasteiger partial charge in [-0.1, -0.05) is 45.7 Å². The van der Waals surface area contributed by atoms with Crippen molar-refractivity contribution in [1.82, 2.24) is 0 Å². The molecule has 0 aliphatic heterocycles. The maximum Gasteiger partial charge on any atom is 0.270 e. The normalized spacial score (nSPS) is 10.3. The highest BCUT2D eigenvalue weighted by Crippen LogP contribution is 2.25. The lowest BCUT2D eigenvalue weighted by atomic mass is 10.1. The second-order valence-electron chi connectivity index (χ2n) is 5.89. The van der Waals surface area contributed by atoms with Crippen molar-refractivity contribution in [2.45, 2.75) is 0 Å². The molecule has 3 rings (SSSR count). The third-order valence-corrected chi connectivity index (χ3v) is 4.72. The fourth-order valence-electron chi connectivity index (χ4n) is 2.55. The molecule has 146 valence electrons. The first-order chi connectivity index (χ1) is 13.8. The third kappa shape index (κ3) is 4.98. The van der Waals surface area contributed by atoms with Crippen molar-refractivity contribution in [3.8, 4) is 0 Å². The minimum absolute atomic E-state index is 0.0551. The molecule has 0 heterocycles. The van der Waals surface area contributed by atoms with E-state index in [1.54, 1.807) is 42.5 Å². The van der Waals surface area contributed by atoms with E-state index in [1.165, 1.54) is 12.1 Å². The minimum atomic E-state index is -0.602. The SMILES string of the molecule is O=C(Nc1ccccc1C(=O)Nc1cccc(Br)c1)c1ccc([N+](=O)[O-])cc1Cl. The maximum atomic E-state index is 12.7. The van der Waals surface area contributed by atoms with Gasteiger partial charge in [0.15, 0.2) is 0 Å². The number of para-hydroxylation sites is 1. The Morgan fingerprint density at radius 1 is 0.897 bits per heavy atom. The predicted octanol–water partition coefficient (Wildman–Crippen LogP) is 5.52. The molecule has 0 spiro atoms. The Morgan fingerprint density at radius 2 is 1.62 bits per heavy atom. The molecule has 2 amide bonds. The molecule has 0 aromatic heterocycles. The molecule has 0 unspecified atom stereocenters.